The van der Waals surface area contributed by atoms with Gasteiger partial charge in [-0.25, -0.2) is 0 Å². The average molecular weight is 322 g/mol. The lowest BCUT2D eigenvalue weighted by molar-refractivity contribution is 0.102. The number of carbonyl (C=O) groups excluding carboxylic acids is 1. The highest BCUT2D eigenvalue weighted by Gasteiger charge is 2.16. The van der Waals surface area contributed by atoms with Crippen LogP contribution in [0.15, 0.2) is 42.5 Å². The van der Waals surface area contributed by atoms with Crippen LogP contribution in [0.25, 0.3) is 0 Å². The summed E-state index contributed by atoms with van der Waals surface area (Å²) in [5.41, 5.74) is 1.48. The molecule has 4 nitrogen and oxygen atoms in total. The van der Waals surface area contributed by atoms with Crippen LogP contribution in [0.1, 0.15) is 15.9 Å². The van der Waals surface area contributed by atoms with Crippen molar-refractivity contribution in [3.63, 3.8) is 0 Å². The Morgan fingerprint density at radius 2 is 1.74 bits per heavy atom. The monoisotopic (exact) mass is 321 g/mol. The molecule has 0 aliphatic heterocycles. The predicted octanol–water partition coefficient (Wildman–Crippen LogP) is 3.25. The van der Waals surface area contributed by atoms with Crippen LogP contribution < -0.4 is 5.32 Å². The van der Waals surface area contributed by atoms with Gasteiger partial charge in [0.1, 0.15) is 17.1 Å². The third-order valence-corrected chi connectivity index (χ3v) is 3.23. The molecule has 98 valence electrons. The van der Waals surface area contributed by atoms with Crippen molar-refractivity contribution in [2.75, 3.05) is 5.32 Å². The fourth-order valence-electron chi connectivity index (χ4n) is 1.69. The number of nitrogens with one attached hydrogen (secondary N) is 1. The molecule has 0 unspecified atom stereocenters. The minimum absolute atomic E-state index is 0.133. The predicted molar refractivity (Wildman–Crippen MR) is 76.8 cm³/mol. The fraction of sp³-hybridized carbons (Fsp3) is 0.0714. The van der Waals surface area contributed by atoms with Crippen LogP contribution in [0, 0.1) is 0 Å². The third kappa shape index (κ3) is 3.06. The Labute approximate surface area is 118 Å². The molecule has 3 N–H and O–H groups in total. The van der Waals surface area contributed by atoms with Gasteiger partial charge in [0, 0.05) is 11.0 Å². The maximum atomic E-state index is 12.0. The summed E-state index contributed by atoms with van der Waals surface area (Å²) < 4.78 is 0. The molecule has 0 heterocycles. The first-order chi connectivity index (χ1) is 9.11. The molecule has 5 heteroatoms. The van der Waals surface area contributed by atoms with E-state index in [1.165, 1.54) is 18.2 Å². The summed E-state index contributed by atoms with van der Waals surface area (Å²) in [5.74, 6) is -1.06. The summed E-state index contributed by atoms with van der Waals surface area (Å²) in [5, 5.41) is 22.5. The van der Waals surface area contributed by atoms with Gasteiger partial charge in [-0.3, -0.25) is 4.79 Å². The van der Waals surface area contributed by atoms with Crippen molar-refractivity contribution in [1.29, 1.82) is 0 Å². The number of aromatic hydroxyl groups is 2. The first-order valence-electron chi connectivity index (χ1n) is 5.59. The van der Waals surface area contributed by atoms with Crippen molar-refractivity contribution in [1.82, 2.24) is 0 Å². The second-order valence-electron chi connectivity index (χ2n) is 3.96. The summed E-state index contributed by atoms with van der Waals surface area (Å²) in [7, 11) is 0. The van der Waals surface area contributed by atoms with E-state index in [0.29, 0.717) is 11.0 Å². The van der Waals surface area contributed by atoms with Crippen molar-refractivity contribution in [2.24, 2.45) is 0 Å². The van der Waals surface area contributed by atoms with E-state index in [1.807, 2.05) is 18.2 Å². The minimum Gasteiger partial charge on any atom is -0.507 e. The Morgan fingerprint density at radius 3 is 2.37 bits per heavy atom. The first kappa shape index (κ1) is 13.4. The van der Waals surface area contributed by atoms with Gasteiger partial charge >= 0.3 is 0 Å². The Bertz CT molecular complexity index is 593. The standard InChI is InChI=1S/C14H12BrNO3/c15-8-9-3-1-4-10(7-9)16-14(19)13-11(17)5-2-6-12(13)18/h1-7,17-18H,8H2,(H,16,19). The number of halogens is 1. The maximum absolute atomic E-state index is 12.0. The lowest BCUT2D eigenvalue weighted by atomic mass is 10.1. The second-order valence-corrected chi connectivity index (χ2v) is 4.52. The Balaban J connectivity index is 2.26. The van der Waals surface area contributed by atoms with E-state index < -0.39 is 5.91 Å². The molecule has 0 aliphatic rings. The average Bonchev–Trinajstić information content (AvgIpc) is 2.38. The molecule has 0 spiro atoms. The summed E-state index contributed by atoms with van der Waals surface area (Å²) >= 11 is 3.33. The van der Waals surface area contributed by atoms with Gasteiger partial charge in [-0.2, -0.15) is 0 Å². The van der Waals surface area contributed by atoms with Crippen LogP contribution in [0.5, 0.6) is 11.5 Å². The Hall–Kier alpha value is -2.01. The molecule has 0 saturated heterocycles. The van der Waals surface area contributed by atoms with Gasteiger partial charge in [0.15, 0.2) is 0 Å². The number of alkyl halides is 1. The molecule has 19 heavy (non-hydrogen) atoms. The van der Waals surface area contributed by atoms with E-state index in [4.69, 9.17) is 0 Å². The lowest BCUT2D eigenvalue weighted by Gasteiger charge is -2.09. The fourth-order valence-corrected chi connectivity index (χ4v) is 2.04. The number of hydrogen-bond acceptors (Lipinski definition) is 3. The largest absolute Gasteiger partial charge is 0.507 e. The van der Waals surface area contributed by atoms with Crippen LogP contribution in [0.3, 0.4) is 0 Å². The van der Waals surface area contributed by atoms with Crippen molar-refractivity contribution in [3.8, 4) is 11.5 Å². The molecule has 2 aromatic carbocycles. The summed E-state index contributed by atoms with van der Waals surface area (Å²) in [4.78, 5) is 12.0. The number of phenolic OH excluding ortho intramolecular Hbond substituents is 2. The SMILES string of the molecule is O=C(Nc1cccc(CBr)c1)c1c(O)cccc1O. The molecule has 0 fully saturated rings. The van der Waals surface area contributed by atoms with Gasteiger partial charge < -0.3 is 15.5 Å². The zero-order valence-corrected chi connectivity index (χ0v) is 11.5. The van der Waals surface area contributed by atoms with Crippen LogP contribution in [0.2, 0.25) is 0 Å². The summed E-state index contributed by atoms with van der Waals surface area (Å²) in [6.45, 7) is 0. The topological polar surface area (TPSA) is 69.6 Å². The molecule has 0 aliphatic carbocycles. The molecule has 2 aromatic rings. The Kier molecular flexibility index (Phi) is 4.06. The normalized spacial score (nSPS) is 10.2. The van der Waals surface area contributed by atoms with Crippen molar-refractivity contribution >= 4 is 27.5 Å². The molecular formula is C14H12BrNO3. The van der Waals surface area contributed by atoms with Gasteiger partial charge in [-0.15, -0.1) is 0 Å². The number of amides is 1. The zero-order valence-electron chi connectivity index (χ0n) is 9.93. The quantitative estimate of drug-likeness (QED) is 0.760. The number of benzene rings is 2. The number of rotatable bonds is 3. The highest BCUT2D eigenvalue weighted by Crippen LogP contribution is 2.27. The molecule has 0 bridgehead atoms. The molecule has 0 atom stereocenters. The molecule has 2 rings (SSSR count). The van der Waals surface area contributed by atoms with E-state index >= 15 is 0 Å². The van der Waals surface area contributed by atoms with Crippen LogP contribution in [-0.2, 0) is 5.33 Å². The number of phenols is 2. The van der Waals surface area contributed by atoms with Gasteiger partial charge in [0.2, 0.25) is 0 Å². The lowest BCUT2D eigenvalue weighted by Crippen LogP contribution is -2.12. The van der Waals surface area contributed by atoms with Crippen molar-refractivity contribution in [3.05, 3.63) is 53.6 Å². The van der Waals surface area contributed by atoms with E-state index in [0.717, 1.165) is 5.56 Å². The van der Waals surface area contributed by atoms with Crippen LogP contribution in [-0.4, -0.2) is 16.1 Å². The molecule has 0 radical (unpaired) electrons. The molecule has 1 amide bonds. The summed E-state index contributed by atoms with van der Waals surface area (Å²) in [6.07, 6.45) is 0. The first-order valence-corrected chi connectivity index (χ1v) is 6.71. The Morgan fingerprint density at radius 1 is 1.11 bits per heavy atom. The van der Waals surface area contributed by atoms with Crippen LogP contribution in [0.4, 0.5) is 5.69 Å². The highest BCUT2D eigenvalue weighted by atomic mass is 79.9. The minimum atomic E-state index is -0.553. The van der Waals surface area contributed by atoms with E-state index in [9.17, 15) is 15.0 Å². The summed E-state index contributed by atoms with van der Waals surface area (Å²) in [6, 6.07) is 11.4. The van der Waals surface area contributed by atoms with E-state index in [2.05, 4.69) is 21.2 Å². The smallest absolute Gasteiger partial charge is 0.263 e. The van der Waals surface area contributed by atoms with E-state index in [-0.39, 0.29) is 17.1 Å². The van der Waals surface area contributed by atoms with Crippen molar-refractivity contribution in [2.45, 2.75) is 5.33 Å². The number of carbonyl (C=O) groups is 1. The second kappa shape index (κ2) is 5.75. The number of hydrogen-bond donors (Lipinski definition) is 3. The zero-order chi connectivity index (χ0) is 13.8. The molecule has 0 saturated carbocycles. The van der Waals surface area contributed by atoms with Gasteiger partial charge in [-0.05, 0) is 29.8 Å². The highest BCUT2D eigenvalue weighted by molar-refractivity contribution is 9.08. The van der Waals surface area contributed by atoms with Crippen molar-refractivity contribution < 1.29 is 15.0 Å². The van der Waals surface area contributed by atoms with Crippen LogP contribution >= 0.6 is 15.9 Å². The molecular weight excluding hydrogens is 310 g/mol. The number of anilines is 1. The van der Waals surface area contributed by atoms with Gasteiger partial charge in [-0.1, -0.05) is 34.1 Å². The third-order valence-electron chi connectivity index (χ3n) is 2.59. The van der Waals surface area contributed by atoms with Gasteiger partial charge in [0.25, 0.3) is 5.91 Å². The molecule has 0 aromatic heterocycles. The maximum Gasteiger partial charge on any atom is 0.263 e. The van der Waals surface area contributed by atoms with Gasteiger partial charge in [0.05, 0.1) is 0 Å². The van der Waals surface area contributed by atoms with E-state index in [1.54, 1.807) is 6.07 Å².